The van der Waals surface area contributed by atoms with E-state index in [2.05, 4.69) is 18.5 Å². The van der Waals surface area contributed by atoms with E-state index in [4.69, 9.17) is 5.11 Å². The number of aromatic carboxylic acids is 1. The molecule has 1 aromatic carbocycles. The van der Waals surface area contributed by atoms with Gasteiger partial charge in [0.1, 0.15) is 0 Å². The second-order valence-corrected chi connectivity index (χ2v) is 4.57. The molecule has 0 spiro atoms. The number of carboxylic acids is 1. The van der Waals surface area contributed by atoms with E-state index >= 15 is 0 Å². The van der Waals surface area contributed by atoms with Crippen LogP contribution in [0.25, 0.3) is 0 Å². The predicted molar refractivity (Wildman–Crippen MR) is 79.9 cm³/mol. The monoisotopic (exact) mass is 273 g/mol. The van der Waals surface area contributed by atoms with Gasteiger partial charge in [0.2, 0.25) is 5.91 Å². The van der Waals surface area contributed by atoms with Crippen molar-refractivity contribution in [3.8, 4) is 0 Å². The van der Waals surface area contributed by atoms with E-state index in [0.29, 0.717) is 18.5 Å². The lowest BCUT2D eigenvalue weighted by Crippen LogP contribution is -2.22. The Labute approximate surface area is 118 Å². The molecule has 0 radical (unpaired) electrons. The van der Waals surface area contributed by atoms with Crippen molar-refractivity contribution in [2.45, 2.75) is 19.8 Å². The van der Waals surface area contributed by atoms with Gasteiger partial charge in [0, 0.05) is 11.6 Å². The summed E-state index contributed by atoms with van der Waals surface area (Å²) in [5, 5.41) is 11.8. The van der Waals surface area contributed by atoms with Crippen LogP contribution in [0.15, 0.2) is 43.5 Å². The molecular weight excluding hydrogens is 254 g/mol. The largest absolute Gasteiger partial charge is 0.478 e. The molecule has 106 valence electrons. The SMILES string of the molecule is C=CCC(CC=C)C(=O)Nc1cc(C(=O)O)ccc1C. The molecule has 0 aliphatic heterocycles. The predicted octanol–water partition coefficient (Wildman–Crippen LogP) is 3.40. The van der Waals surface area contributed by atoms with Crippen LogP contribution in [0.5, 0.6) is 0 Å². The Balaban J connectivity index is 2.93. The Morgan fingerprint density at radius 1 is 1.30 bits per heavy atom. The Morgan fingerprint density at radius 2 is 1.90 bits per heavy atom. The van der Waals surface area contributed by atoms with Gasteiger partial charge in [-0.3, -0.25) is 4.79 Å². The molecule has 1 amide bonds. The van der Waals surface area contributed by atoms with E-state index in [9.17, 15) is 9.59 Å². The van der Waals surface area contributed by atoms with E-state index in [-0.39, 0.29) is 17.4 Å². The average molecular weight is 273 g/mol. The van der Waals surface area contributed by atoms with Gasteiger partial charge in [-0.1, -0.05) is 18.2 Å². The fourth-order valence-electron chi connectivity index (χ4n) is 1.84. The number of carbonyl (C=O) groups excluding carboxylic acids is 1. The number of carbonyl (C=O) groups is 2. The smallest absolute Gasteiger partial charge is 0.335 e. The van der Waals surface area contributed by atoms with Gasteiger partial charge in [0.05, 0.1) is 5.56 Å². The fraction of sp³-hybridized carbons (Fsp3) is 0.250. The summed E-state index contributed by atoms with van der Waals surface area (Å²) in [4.78, 5) is 23.1. The number of hydrogen-bond donors (Lipinski definition) is 2. The third-order valence-corrected chi connectivity index (χ3v) is 3.02. The summed E-state index contributed by atoms with van der Waals surface area (Å²) < 4.78 is 0. The van der Waals surface area contributed by atoms with Crippen LogP contribution in [-0.4, -0.2) is 17.0 Å². The standard InChI is InChI=1S/C16H19NO3/c1-4-6-12(7-5-2)15(18)17-14-10-13(16(19)20)9-8-11(14)3/h4-5,8-10,12H,1-2,6-7H2,3H3,(H,17,18)(H,19,20). The molecule has 0 saturated heterocycles. The lowest BCUT2D eigenvalue weighted by molar-refractivity contribution is -0.119. The molecule has 4 nitrogen and oxygen atoms in total. The first-order chi connectivity index (χ1) is 9.49. The van der Waals surface area contributed by atoms with Crippen molar-refractivity contribution in [2.75, 3.05) is 5.32 Å². The summed E-state index contributed by atoms with van der Waals surface area (Å²) in [6.45, 7) is 9.09. The Kier molecular flexibility index (Phi) is 5.72. The molecule has 0 fully saturated rings. The van der Waals surface area contributed by atoms with Crippen molar-refractivity contribution >= 4 is 17.6 Å². The van der Waals surface area contributed by atoms with Crippen LogP contribution in [0.3, 0.4) is 0 Å². The summed E-state index contributed by atoms with van der Waals surface area (Å²) in [6.07, 6.45) is 4.48. The van der Waals surface area contributed by atoms with E-state index < -0.39 is 5.97 Å². The van der Waals surface area contributed by atoms with E-state index in [0.717, 1.165) is 5.56 Å². The molecule has 20 heavy (non-hydrogen) atoms. The molecule has 2 N–H and O–H groups in total. The zero-order valence-electron chi connectivity index (χ0n) is 11.6. The second kappa shape index (κ2) is 7.28. The number of hydrogen-bond acceptors (Lipinski definition) is 2. The topological polar surface area (TPSA) is 66.4 Å². The number of amides is 1. The Bertz CT molecular complexity index is 525. The number of benzene rings is 1. The quantitative estimate of drug-likeness (QED) is 0.748. The minimum absolute atomic E-state index is 0.148. The minimum atomic E-state index is -1.02. The lowest BCUT2D eigenvalue weighted by Gasteiger charge is -2.15. The molecule has 0 unspecified atom stereocenters. The maximum atomic E-state index is 12.2. The van der Waals surface area contributed by atoms with Gasteiger partial charge in [-0.2, -0.15) is 0 Å². The van der Waals surface area contributed by atoms with Gasteiger partial charge in [0.25, 0.3) is 0 Å². The summed E-state index contributed by atoms with van der Waals surface area (Å²) in [5.41, 5.74) is 1.49. The number of carboxylic acid groups (broad SMARTS) is 1. The lowest BCUT2D eigenvalue weighted by atomic mass is 10.00. The van der Waals surface area contributed by atoms with E-state index in [1.165, 1.54) is 12.1 Å². The van der Waals surface area contributed by atoms with Gasteiger partial charge in [-0.05, 0) is 37.5 Å². The number of nitrogens with one attached hydrogen (secondary N) is 1. The highest BCUT2D eigenvalue weighted by atomic mass is 16.4. The first-order valence-corrected chi connectivity index (χ1v) is 6.36. The molecule has 0 atom stereocenters. The van der Waals surface area contributed by atoms with Crippen LogP contribution in [-0.2, 0) is 4.79 Å². The van der Waals surface area contributed by atoms with Crippen molar-refractivity contribution in [1.82, 2.24) is 0 Å². The molecule has 0 aliphatic carbocycles. The molecule has 0 saturated carbocycles. The highest BCUT2D eigenvalue weighted by molar-refractivity contribution is 5.95. The molecular formula is C16H19NO3. The third kappa shape index (κ3) is 4.09. The van der Waals surface area contributed by atoms with Gasteiger partial charge in [0.15, 0.2) is 0 Å². The molecule has 4 heteroatoms. The second-order valence-electron chi connectivity index (χ2n) is 4.57. The van der Waals surface area contributed by atoms with Crippen LogP contribution >= 0.6 is 0 Å². The highest BCUT2D eigenvalue weighted by Crippen LogP contribution is 2.20. The van der Waals surface area contributed by atoms with E-state index in [1.54, 1.807) is 18.2 Å². The van der Waals surface area contributed by atoms with Crippen molar-refractivity contribution in [2.24, 2.45) is 5.92 Å². The van der Waals surface area contributed by atoms with Crippen LogP contribution in [0.1, 0.15) is 28.8 Å². The van der Waals surface area contributed by atoms with Crippen LogP contribution in [0.2, 0.25) is 0 Å². The van der Waals surface area contributed by atoms with E-state index in [1.807, 2.05) is 6.92 Å². The molecule has 0 heterocycles. The number of allylic oxidation sites excluding steroid dienone is 2. The summed E-state index contributed by atoms with van der Waals surface area (Å²) in [6, 6.07) is 4.65. The maximum Gasteiger partial charge on any atom is 0.335 e. The number of anilines is 1. The highest BCUT2D eigenvalue weighted by Gasteiger charge is 2.17. The van der Waals surface area contributed by atoms with Crippen molar-refractivity contribution < 1.29 is 14.7 Å². The van der Waals surface area contributed by atoms with Gasteiger partial charge in [-0.25, -0.2) is 4.79 Å². The van der Waals surface area contributed by atoms with Crippen LogP contribution in [0, 0.1) is 12.8 Å². The number of rotatable bonds is 7. The zero-order chi connectivity index (χ0) is 15.1. The van der Waals surface area contributed by atoms with Crippen molar-refractivity contribution in [3.05, 3.63) is 54.6 Å². The van der Waals surface area contributed by atoms with Crippen LogP contribution in [0.4, 0.5) is 5.69 Å². The van der Waals surface area contributed by atoms with Gasteiger partial charge < -0.3 is 10.4 Å². The van der Waals surface area contributed by atoms with Gasteiger partial charge in [-0.15, -0.1) is 13.2 Å². The summed E-state index contributed by atoms with van der Waals surface area (Å²) in [5.74, 6) is -1.41. The van der Waals surface area contributed by atoms with Crippen molar-refractivity contribution in [1.29, 1.82) is 0 Å². The fourth-order valence-corrected chi connectivity index (χ4v) is 1.84. The summed E-state index contributed by atoms with van der Waals surface area (Å²) >= 11 is 0. The Hall–Kier alpha value is -2.36. The minimum Gasteiger partial charge on any atom is -0.478 e. The first-order valence-electron chi connectivity index (χ1n) is 6.36. The normalized spacial score (nSPS) is 10.1. The zero-order valence-corrected chi connectivity index (χ0v) is 11.6. The van der Waals surface area contributed by atoms with Crippen LogP contribution < -0.4 is 5.32 Å². The molecule has 1 aromatic rings. The molecule has 1 rings (SSSR count). The molecule has 0 bridgehead atoms. The molecule has 0 aromatic heterocycles. The third-order valence-electron chi connectivity index (χ3n) is 3.02. The van der Waals surface area contributed by atoms with Gasteiger partial charge >= 0.3 is 5.97 Å². The maximum absolute atomic E-state index is 12.2. The van der Waals surface area contributed by atoms with Crippen molar-refractivity contribution in [3.63, 3.8) is 0 Å². The molecule has 0 aliphatic rings. The summed E-state index contributed by atoms with van der Waals surface area (Å²) in [7, 11) is 0. The Morgan fingerprint density at radius 3 is 2.40 bits per heavy atom. The number of aryl methyl sites for hydroxylation is 1. The average Bonchev–Trinajstić information content (AvgIpc) is 2.40. The first kappa shape index (κ1) is 15.7.